The number of alkyl halides is 3. The molecule has 34 heavy (non-hydrogen) atoms. The molecule has 0 amide bonds. The molecular formula is C27H33F3N2O2. The fraction of sp³-hybridized carbons (Fsp3) is 0.481. The molecule has 7 heteroatoms. The van der Waals surface area contributed by atoms with Crippen molar-refractivity contribution < 1.29 is 22.7 Å². The van der Waals surface area contributed by atoms with Gasteiger partial charge in [0.05, 0.1) is 23.2 Å². The van der Waals surface area contributed by atoms with Gasteiger partial charge in [0.1, 0.15) is 6.10 Å². The van der Waals surface area contributed by atoms with Gasteiger partial charge in [-0.2, -0.15) is 13.2 Å². The Balaban J connectivity index is 1.90. The van der Waals surface area contributed by atoms with Crippen LogP contribution in [0.2, 0.25) is 0 Å². The molecule has 0 heterocycles. The van der Waals surface area contributed by atoms with Crippen molar-refractivity contribution in [1.82, 2.24) is 4.90 Å². The van der Waals surface area contributed by atoms with Crippen LogP contribution in [0.15, 0.2) is 41.4 Å². The first-order valence-corrected chi connectivity index (χ1v) is 11.8. The van der Waals surface area contributed by atoms with Gasteiger partial charge >= 0.3 is 12.1 Å². The number of carbonyl (C=O) groups excluding carboxylic acids is 1. The molecule has 3 rings (SSSR count). The van der Waals surface area contributed by atoms with Crippen LogP contribution in [0.25, 0.3) is 0 Å². The van der Waals surface area contributed by atoms with Crippen LogP contribution in [-0.4, -0.2) is 30.8 Å². The number of benzene rings is 2. The van der Waals surface area contributed by atoms with Crippen molar-refractivity contribution in [3.63, 3.8) is 0 Å². The highest BCUT2D eigenvalue weighted by atomic mass is 19.4. The zero-order chi connectivity index (χ0) is 24.9. The Hall–Kier alpha value is -2.83. The third-order valence-electron chi connectivity index (χ3n) is 6.51. The molecule has 0 N–H and O–H groups in total. The minimum Gasteiger partial charge on any atom is -0.454 e. The SMILES string of the molecule is CCN(C)/C=N/c1cc(C)c(C(=O)OC(c2cccc(C(F)(F)F)c2)C2CCCCC2)cc1C. The average molecular weight is 475 g/mol. The molecule has 4 nitrogen and oxygen atoms in total. The van der Waals surface area contributed by atoms with E-state index in [4.69, 9.17) is 4.74 Å². The molecule has 0 saturated heterocycles. The van der Waals surface area contributed by atoms with Crippen LogP contribution < -0.4 is 0 Å². The van der Waals surface area contributed by atoms with Crippen LogP contribution in [0.1, 0.15) is 77.7 Å². The van der Waals surface area contributed by atoms with E-state index in [0.29, 0.717) is 16.7 Å². The van der Waals surface area contributed by atoms with Crippen LogP contribution in [0.3, 0.4) is 0 Å². The Morgan fingerprint density at radius 2 is 1.85 bits per heavy atom. The van der Waals surface area contributed by atoms with Crippen molar-refractivity contribution >= 4 is 18.0 Å². The summed E-state index contributed by atoms with van der Waals surface area (Å²) in [6.45, 7) is 6.54. The lowest BCUT2D eigenvalue weighted by Crippen LogP contribution is -2.23. The maximum absolute atomic E-state index is 13.3. The second-order valence-corrected chi connectivity index (χ2v) is 9.12. The molecule has 1 unspecified atom stereocenters. The maximum atomic E-state index is 13.3. The number of carbonyl (C=O) groups is 1. The molecule has 0 bridgehead atoms. The van der Waals surface area contributed by atoms with Gasteiger partial charge in [-0.15, -0.1) is 0 Å². The molecule has 1 aliphatic rings. The number of hydrogen-bond acceptors (Lipinski definition) is 3. The first kappa shape index (κ1) is 25.8. The van der Waals surface area contributed by atoms with E-state index in [1.807, 2.05) is 38.8 Å². The highest BCUT2D eigenvalue weighted by Gasteiger charge is 2.34. The Kier molecular flexibility index (Phi) is 8.39. The van der Waals surface area contributed by atoms with E-state index < -0.39 is 23.8 Å². The predicted molar refractivity (Wildman–Crippen MR) is 129 cm³/mol. The summed E-state index contributed by atoms with van der Waals surface area (Å²) in [5, 5.41) is 0. The van der Waals surface area contributed by atoms with Gasteiger partial charge in [-0.05, 0) is 74.6 Å². The molecule has 1 atom stereocenters. The number of nitrogens with zero attached hydrogens (tertiary/aromatic N) is 2. The number of halogens is 3. The molecular weight excluding hydrogens is 441 g/mol. The van der Waals surface area contributed by atoms with Gasteiger partial charge in [0.25, 0.3) is 0 Å². The Labute approximate surface area is 199 Å². The zero-order valence-electron chi connectivity index (χ0n) is 20.3. The minimum absolute atomic E-state index is 0.00367. The number of aliphatic imine (C=N–C) groups is 1. The van der Waals surface area contributed by atoms with Gasteiger partial charge in [0, 0.05) is 19.5 Å². The van der Waals surface area contributed by atoms with E-state index >= 15 is 0 Å². The van der Waals surface area contributed by atoms with E-state index in [1.165, 1.54) is 6.07 Å². The Morgan fingerprint density at radius 1 is 1.15 bits per heavy atom. The average Bonchev–Trinajstić information content (AvgIpc) is 2.82. The fourth-order valence-corrected chi connectivity index (χ4v) is 4.35. The third-order valence-corrected chi connectivity index (χ3v) is 6.51. The van der Waals surface area contributed by atoms with Crippen molar-refractivity contribution in [1.29, 1.82) is 0 Å². The van der Waals surface area contributed by atoms with Crippen LogP contribution in [-0.2, 0) is 10.9 Å². The van der Waals surface area contributed by atoms with Crippen molar-refractivity contribution in [2.24, 2.45) is 10.9 Å². The smallest absolute Gasteiger partial charge is 0.416 e. The number of rotatable bonds is 7. The summed E-state index contributed by atoms with van der Waals surface area (Å²) in [6, 6.07) is 8.77. The van der Waals surface area contributed by atoms with Crippen LogP contribution in [0.4, 0.5) is 18.9 Å². The fourth-order valence-electron chi connectivity index (χ4n) is 4.35. The van der Waals surface area contributed by atoms with Crippen molar-refractivity contribution in [2.45, 2.75) is 65.2 Å². The Bertz CT molecular complexity index is 1030. The molecule has 0 aliphatic heterocycles. The van der Waals surface area contributed by atoms with Crippen LogP contribution >= 0.6 is 0 Å². The van der Waals surface area contributed by atoms with Gasteiger partial charge in [0.2, 0.25) is 0 Å². The quantitative estimate of drug-likeness (QED) is 0.238. The second kappa shape index (κ2) is 11.1. The van der Waals surface area contributed by atoms with Gasteiger partial charge in [-0.1, -0.05) is 31.4 Å². The monoisotopic (exact) mass is 474 g/mol. The van der Waals surface area contributed by atoms with Gasteiger partial charge in [-0.25, -0.2) is 9.79 Å². The molecule has 2 aromatic carbocycles. The van der Waals surface area contributed by atoms with Crippen molar-refractivity contribution in [2.75, 3.05) is 13.6 Å². The zero-order valence-corrected chi connectivity index (χ0v) is 20.3. The van der Waals surface area contributed by atoms with E-state index in [0.717, 1.165) is 62.0 Å². The van der Waals surface area contributed by atoms with Gasteiger partial charge in [-0.3, -0.25) is 0 Å². The first-order valence-electron chi connectivity index (χ1n) is 11.8. The minimum atomic E-state index is -4.45. The van der Waals surface area contributed by atoms with Crippen molar-refractivity contribution in [3.05, 3.63) is 64.2 Å². The lowest BCUT2D eigenvalue weighted by molar-refractivity contribution is -0.137. The number of aryl methyl sites for hydroxylation is 2. The molecule has 1 aliphatic carbocycles. The summed E-state index contributed by atoms with van der Waals surface area (Å²) in [5.74, 6) is -0.522. The van der Waals surface area contributed by atoms with Crippen LogP contribution in [0.5, 0.6) is 0 Å². The second-order valence-electron chi connectivity index (χ2n) is 9.12. The Morgan fingerprint density at radius 3 is 2.50 bits per heavy atom. The summed E-state index contributed by atoms with van der Waals surface area (Å²) in [4.78, 5) is 19.7. The lowest BCUT2D eigenvalue weighted by Gasteiger charge is -2.31. The molecule has 1 fully saturated rings. The topological polar surface area (TPSA) is 41.9 Å². The van der Waals surface area contributed by atoms with Gasteiger partial charge in [0.15, 0.2) is 0 Å². The lowest BCUT2D eigenvalue weighted by atomic mass is 9.82. The van der Waals surface area contributed by atoms with Crippen LogP contribution in [0, 0.1) is 19.8 Å². The summed E-state index contributed by atoms with van der Waals surface area (Å²) < 4.78 is 46.0. The molecule has 184 valence electrons. The summed E-state index contributed by atoms with van der Waals surface area (Å²) in [5.41, 5.74) is 2.38. The summed E-state index contributed by atoms with van der Waals surface area (Å²) >= 11 is 0. The molecule has 0 spiro atoms. The highest BCUT2D eigenvalue weighted by molar-refractivity contribution is 5.92. The number of hydrogen-bond donors (Lipinski definition) is 0. The van der Waals surface area contributed by atoms with E-state index in [2.05, 4.69) is 4.99 Å². The third kappa shape index (κ3) is 6.39. The summed E-state index contributed by atoms with van der Waals surface area (Å²) in [6.07, 6.45) is 1.27. The van der Waals surface area contributed by atoms with E-state index in [9.17, 15) is 18.0 Å². The van der Waals surface area contributed by atoms with Crippen molar-refractivity contribution in [3.8, 4) is 0 Å². The molecule has 0 radical (unpaired) electrons. The molecule has 1 saturated carbocycles. The highest BCUT2D eigenvalue weighted by Crippen LogP contribution is 2.40. The van der Waals surface area contributed by atoms with E-state index in [1.54, 1.807) is 18.5 Å². The predicted octanol–water partition coefficient (Wildman–Crippen LogP) is 7.41. The number of ether oxygens (including phenoxy) is 1. The van der Waals surface area contributed by atoms with E-state index in [-0.39, 0.29) is 5.92 Å². The maximum Gasteiger partial charge on any atom is 0.416 e. The standard InChI is InChI=1S/C27H33F3N2O2/c1-5-32(4)17-31-24-15-18(2)23(14-19(24)3)26(33)34-25(20-10-7-6-8-11-20)21-12-9-13-22(16-21)27(28,29)30/h9,12-17,20,25H,5-8,10-11H2,1-4H3/b31-17+. The molecule has 0 aromatic heterocycles. The van der Waals surface area contributed by atoms with Gasteiger partial charge < -0.3 is 9.64 Å². The number of esters is 1. The first-order chi connectivity index (χ1) is 16.1. The largest absolute Gasteiger partial charge is 0.454 e. The molecule has 2 aromatic rings. The summed E-state index contributed by atoms with van der Waals surface area (Å²) in [7, 11) is 1.93. The normalized spacial score (nSPS) is 16.0.